The Morgan fingerprint density at radius 2 is 1.68 bits per heavy atom. The van der Waals surface area contributed by atoms with Crippen LogP contribution in [0.2, 0.25) is 0 Å². The molecule has 1 aliphatic carbocycles. The molecule has 1 saturated carbocycles. The van der Waals surface area contributed by atoms with Gasteiger partial charge in [-0.05, 0) is 73.2 Å². The third-order valence-electron chi connectivity index (χ3n) is 8.51. The van der Waals surface area contributed by atoms with Gasteiger partial charge in [0.05, 0.1) is 22.8 Å². The molecule has 0 saturated heterocycles. The second-order valence-corrected chi connectivity index (χ2v) is 11.4. The van der Waals surface area contributed by atoms with Gasteiger partial charge in [-0.15, -0.1) is 0 Å². The first-order chi connectivity index (χ1) is 22.7. The summed E-state index contributed by atoms with van der Waals surface area (Å²) in [7, 11) is 0. The van der Waals surface area contributed by atoms with Crippen LogP contribution in [0, 0.1) is 11.6 Å². The van der Waals surface area contributed by atoms with Gasteiger partial charge in [-0.25, -0.2) is 32.9 Å². The average Bonchev–Trinajstić information content (AvgIpc) is 3.50. The summed E-state index contributed by atoms with van der Waals surface area (Å²) in [5.41, 5.74) is 0.526. The number of rotatable bonds is 6. The number of carboxylic acid groups (broad SMARTS) is 1. The van der Waals surface area contributed by atoms with Crippen molar-refractivity contribution in [3.63, 3.8) is 0 Å². The number of halogens is 2. The Bertz CT molecular complexity index is 2340. The maximum absolute atomic E-state index is 14.4. The minimum Gasteiger partial charge on any atom is -0.478 e. The van der Waals surface area contributed by atoms with Gasteiger partial charge >= 0.3 is 11.7 Å². The minimum atomic E-state index is -1.11. The molecular formula is C34H26F2N6O5. The van der Waals surface area contributed by atoms with E-state index in [2.05, 4.69) is 15.3 Å². The van der Waals surface area contributed by atoms with Crippen molar-refractivity contribution >= 4 is 28.6 Å². The number of benzene rings is 2. The fourth-order valence-electron chi connectivity index (χ4n) is 6.28. The van der Waals surface area contributed by atoms with E-state index in [1.54, 1.807) is 42.5 Å². The molecule has 0 aliphatic heterocycles. The van der Waals surface area contributed by atoms with Gasteiger partial charge < -0.3 is 14.8 Å². The van der Waals surface area contributed by atoms with Crippen LogP contribution in [0.25, 0.3) is 33.5 Å². The highest BCUT2D eigenvalue weighted by atomic mass is 19.1. The monoisotopic (exact) mass is 636 g/mol. The second-order valence-electron chi connectivity index (χ2n) is 11.4. The summed E-state index contributed by atoms with van der Waals surface area (Å²) in [5.74, 6) is -2.73. The van der Waals surface area contributed by atoms with Crippen molar-refractivity contribution < 1.29 is 23.5 Å². The van der Waals surface area contributed by atoms with Crippen LogP contribution in [0.15, 0.2) is 94.9 Å². The molecule has 1 fully saturated rings. The molecule has 13 heteroatoms. The number of aromatic nitrogens is 5. The number of imidazole rings is 1. The minimum absolute atomic E-state index is 0.0328. The molecule has 1 aliphatic rings. The molecule has 2 N–H and O–H groups in total. The van der Waals surface area contributed by atoms with Crippen LogP contribution in [0.3, 0.4) is 0 Å². The molecule has 0 radical (unpaired) electrons. The highest BCUT2D eigenvalue weighted by Gasteiger charge is 2.29. The van der Waals surface area contributed by atoms with E-state index < -0.39 is 40.8 Å². The summed E-state index contributed by atoms with van der Waals surface area (Å²) in [6, 6.07) is 16.1. The number of fused-ring (bicyclic) bond motifs is 2. The lowest BCUT2D eigenvalue weighted by Gasteiger charge is -2.30. The van der Waals surface area contributed by atoms with E-state index in [1.807, 2.05) is 0 Å². The zero-order valence-electron chi connectivity index (χ0n) is 24.6. The number of carbonyl (C=O) groups excluding carboxylic acids is 1. The van der Waals surface area contributed by atoms with Gasteiger partial charge in [0.15, 0.2) is 5.65 Å². The van der Waals surface area contributed by atoms with E-state index in [0.717, 1.165) is 16.8 Å². The summed E-state index contributed by atoms with van der Waals surface area (Å²) < 4.78 is 31.8. The number of hydrogen-bond acceptors (Lipinski definition) is 6. The molecule has 0 atom stereocenters. The van der Waals surface area contributed by atoms with Gasteiger partial charge in [0, 0.05) is 24.5 Å². The SMILES string of the molecule is O=C(NC1CCC(n2c(=O)c3cc(F)cnc3n(-c3cccc(-c4ccccc4C(=O)O)c3)c2=O)CC1)c1cn2cc(F)ccc2n1. The molecule has 4 heterocycles. The molecule has 0 bridgehead atoms. The normalized spacial score (nSPS) is 16.4. The topological polar surface area (TPSA) is 141 Å². The standard InChI is InChI=1S/C34H26F2N6O5/c35-20-8-13-29-39-28(18-40(29)17-20)31(43)38-22-9-11-23(12-10-22)42-32(44)27-15-21(36)16-37-30(27)41(34(42)47)24-5-3-4-19(14-24)25-6-1-2-7-26(25)33(45)46/h1-8,13-18,22-23H,9-12H2,(H,38,43)(H,45,46). The number of nitrogens with one attached hydrogen (secondary N) is 1. The van der Waals surface area contributed by atoms with Crippen molar-refractivity contribution in [1.29, 1.82) is 0 Å². The first kappa shape index (κ1) is 29.7. The van der Waals surface area contributed by atoms with Gasteiger partial charge in [-0.2, -0.15) is 0 Å². The molecule has 11 nitrogen and oxygen atoms in total. The quantitative estimate of drug-likeness (QED) is 0.269. The zero-order chi connectivity index (χ0) is 32.8. The van der Waals surface area contributed by atoms with Crippen molar-refractivity contribution in [2.24, 2.45) is 0 Å². The third-order valence-corrected chi connectivity index (χ3v) is 8.51. The van der Waals surface area contributed by atoms with E-state index in [1.165, 1.54) is 39.6 Å². The maximum Gasteiger partial charge on any atom is 0.337 e. The number of amides is 1. The lowest BCUT2D eigenvalue weighted by Crippen LogP contribution is -2.45. The van der Waals surface area contributed by atoms with Crippen LogP contribution >= 0.6 is 0 Å². The largest absolute Gasteiger partial charge is 0.478 e. The number of pyridine rings is 2. The van der Waals surface area contributed by atoms with Crippen molar-refractivity contribution in [2.45, 2.75) is 37.8 Å². The fourth-order valence-corrected chi connectivity index (χ4v) is 6.28. The van der Waals surface area contributed by atoms with E-state index >= 15 is 0 Å². The Kier molecular flexibility index (Phi) is 7.43. The van der Waals surface area contributed by atoms with Crippen LogP contribution < -0.4 is 16.6 Å². The molecule has 6 aromatic rings. The van der Waals surface area contributed by atoms with Crippen LogP contribution in [0.1, 0.15) is 52.6 Å². The predicted octanol–water partition coefficient (Wildman–Crippen LogP) is 4.75. The van der Waals surface area contributed by atoms with E-state index in [0.29, 0.717) is 48.1 Å². The fraction of sp³-hybridized carbons (Fsp3) is 0.176. The Morgan fingerprint density at radius 3 is 2.47 bits per heavy atom. The summed E-state index contributed by atoms with van der Waals surface area (Å²) in [6.45, 7) is 0. The lowest BCUT2D eigenvalue weighted by atomic mass is 9.90. The Morgan fingerprint density at radius 1 is 0.894 bits per heavy atom. The van der Waals surface area contributed by atoms with Gasteiger partial charge in [0.25, 0.3) is 11.5 Å². The Labute approximate surface area is 264 Å². The van der Waals surface area contributed by atoms with Crippen molar-refractivity contribution in [1.82, 2.24) is 28.8 Å². The number of nitrogens with zero attached hydrogens (tertiary/aromatic N) is 5. The van der Waals surface area contributed by atoms with Crippen LogP contribution in [0.5, 0.6) is 0 Å². The first-order valence-electron chi connectivity index (χ1n) is 14.9. The predicted molar refractivity (Wildman–Crippen MR) is 168 cm³/mol. The van der Waals surface area contributed by atoms with Gasteiger partial charge in [0.2, 0.25) is 0 Å². The van der Waals surface area contributed by atoms with E-state index in [4.69, 9.17) is 0 Å². The van der Waals surface area contributed by atoms with E-state index in [-0.39, 0.29) is 28.3 Å². The molecule has 1 amide bonds. The molecule has 0 unspecified atom stereocenters. The molecule has 0 spiro atoms. The Balaban J connectivity index is 1.21. The van der Waals surface area contributed by atoms with Crippen LogP contribution in [-0.4, -0.2) is 46.5 Å². The average molecular weight is 637 g/mol. The third kappa shape index (κ3) is 5.45. The van der Waals surface area contributed by atoms with Crippen LogP contribution in [-0.2, 0) is 0 Å². The van der Waals surface area contributed by atoms with E-state index in [9.17, 15) is 33.1 Å². The number of carboxylic acids is 1. The molecular weight excluding hydrogens is 610 g/mol. The number of hydrogen-bond donors (Lipinski definition) is 2. The summed E-state index contributed by atoms with van der Waals surface area (Å²) in [6.07, 6.45) is 5.24. The molecule has 2 aromatic carbocycles. The lowest BCUT2D eigenvalue weighted by molar-refractivity contribution is 0.0697. The van der Waals surface area contributed by atoms with Crippen molar-refractivity contribution in [2.75, 3.05) is 0 Å². The smallest absolute Gasteiger partial charge is 0.337 e. The van der Waals surface area contributed by atoms with Crippen molar-refractivity contribution in [3.8, 4) is 16.8 Å². The highest BCUT2D eigenvalue weighted by Crippen LogP contribution is 2.29. The summed E-state index contributed by atoms with van der Waals surface area (Å²) in [5, 5.41) is 12.6. The van der Waals surface area contributed by atoms with Gasteiger partial charge in [-0.1, -0.05) is 30.3 Å². The highest BCUT2D eigenvalue weighted by molar-refractivity contribution is 5.96. The first-order valence-corrected chi connectivity index (χ1v) is 14.9. The Hall–Kier alpha value is -5.98. The number of carbonyl (C=O) groups is 2. The van der Waals surface area contributed by atoms with Gasteiger partial charge in [-0.3, -0.25) is 14.2 Å². The maximum atomic E-state index is 14.4. The molecule has 236 valence electrons. The molecule has 47 heavy (non-hydrogen) atoms. The molecule has 7 rings (SSSR count). The summed E-state index contributed by atoms with van der Waals surface area (Å²) in [4.78, 5) is 61.1. The molecule has 4 aromatic heterocycles. The van der Waals surface area contributed by atoms with Crippen LogP contribution in [0.4, 0.5) is 8.78 Å². The van der Waals surface area contributed by atoms with Gasteiger partial charge in [0.1, 0.15) is 23.0 Å². The second kappa shape index (κ2) is 11.7. The number of aromatic carboxylic acids is 1. The summed E-state index contributed by atoms with van der Waals surface area (Å²) >= 11 is 0. The van der Waals surface area contributed by atoms with Crippen molar-refractivity contribution in [3.05, 3.63) is 129 Å². The zero-order valence-corrected chi connectivity index (χ0v) is 24.6.